The largest absolute Gasteiger partial charge is 0.497 e. The van der Waals surface area contributed by atoms with Gasteiger partial charge in [0, 0.05) is 51.2 Å². The molecule has 0 atom stereocenters. The number of nitrogens with zero attached hydrogens (tertiary/aromatic N) is 2. The van der Waals surface area contributed by atoms with Crippen molar-refractivity contribution >= 4 is 29.9 Å². The van der Waals surface area contributed by atoms with Gasteiger partial charge in [-0.3, -0.25) is 4.99 Å². The van der Waals surface area contributed by atoms with Gasteiger partial charge in [0.15, 0.2) is 5.96 Å². The number of aliphatic imine (C=N–C) groups is 1. The summed E-state index contributed by atoms with van der Waals surface area (Å²) in [6, 6.07) is 8.10. The molecule has 1 aromatic heterocycles. The lowest BCUT2D eigenvalue weighted by atomic mass is 10.2. The van der Waals surface area contributed by atoms with Crippen LogP contribution in [0.4, 0.5) is 0 Å². The molecule has 1 heterocycles. The molecule has 2 N–H and O–H groups in total. The van der Waals surface area contributed by atoms with Gasteiger partial charge in [0.1, 0.15) is 11.5 Å². The molecule has 1 aliphatic carbocycles. The SMILES string of the molecule is CN=C(NCc1ccn(C)c1)NCc1ccc(OC)cc1OC1CCCC1.I. The predicted molar refractivity (Wildman–Crippen MR) is 124 cm³/mol. The van der Waals surface area contributed by atoms with Gasteiger partial charge in [0.25, 0.3) is 0 Å². The molecule has 7 heteroatoms. The van der Waals surface area contributed by atoms with E-state index in [1.165, 1.54) is 18.4 Å². The molecule has 154 valence electrons. The van der Waals surface area contributed by atoms with Gasteiger partial charge in [-0.05, 0) is 49.4 Å². The topological polar surface area (TPSA) is 59.8 Å². The van der Waals surface area contributed by atoms with Crippen LogP contribution >= 0.6 is 24.0 Å². The number of halogens is 1. The summed E-state index contributed by atoms with van der Waals surface area (Å²) < 4.78 is 13.7. The minimum Gasteiger partial charge on any atom is -0.497 e. The summed E-state index contributed by atoms with van der Waals surface area (Å²) in [5.74, 6) is 2.48. The van der Waals surface area contributed by atoms with E-state index in [0.29, 0.717) is 12.6 Å². The van der Waals surface area contributed by atoms with Crippen molar-refractivity contribution in [1.82, 2.24) is 15.2 Å². The zero-order valence-corrected chi connectivity index (χ0v) is 19.2. The predicted octanol–water partition coefficient (Wildman–Crippen LogP) is 3.84. The normalized spacial score (nSPS) is 14.5. The Morgan fingerprint density at radius 1 is 1.18 bits per heavy atom. The summed E-state index contributed by atoms with van der Waals surface area (Å²) in [5.41, 5.74) is 2.32. The summed E-state index contributed by atoms with van der Waals surface area (Å²) in [4.78, 5) is 4.31. The minimum absolute atomic E-state index is 0. The molecule has 0 amide bonds. The summed E-state index contributed by atoms with van der Waals surface area (Å²) in [7, 11) is 5.48. The summed E-state index contributed by atoms with van der Waals surface area (Å²) >= 11 is 0. The van der Waals surface area contributed by atoms with Gasteiger partial charge in [-0.25, -0.2) is 0 Å². The van der Waals surface area contributed by atoms with Crippen LogP contribution < -0.4 is 20.1 Å². The van der Waals surface area contributed by atoms with Crippen molar-refractivity contribution in [2.45, 2.75) is 44.9 Å². The van der Waals surface area contributed by atoms with E-state index >= 15 is 0 Å². The Hall–Kier alpha value is -1.90. The van der Waals surface area contributed by atoms with Gasteiger partial charge in [-0.15, -0.1) is 24.0 Å². The Bertz CT molecular complexity index is 770. The lowest BCUT2D eigenvalue weighted by Gasteiger charge is -2.18. The molecule has 0 aliphatic heterocycles. The van der Waals surface area contributed by atoms with Crippen LogP contribution in [0.5, 0.6) is 11.5 Å². The maximum absolute atomic E-state index is 6.26. The lowest BCUT2D eigenvalue weighted by Crippen LogP contribution is -2.36. The third-order valence-corrected chi connectivity index (χ3v) is 4.89. The molecule has 28 heavy (non-hydrogen) atoms. The number of rotatable bonds is 7. The van der Waals surface area contributed by atoms with Crippen molar-refractivity contribution < 1.29 is 9.47 Å². The van der Waals surface area contributed by atoms with Gasteiger partial charge >= 0.3 is 0 Å². The molecular weight excluding hydrogens is 467 g/mol. The van der Waals surface area contributed by atoms with Gasteiger partial charge in [-0.1, -0.05) is 0 Å². The number of nitrogens with one attached hydrogen (secondary N) is 2. The quantitative estimate of drug-likeness (QED) is 0.346. The molecule has 1 saturated carbocycles. The number of guanidine groups is 1. The monoisotopic (exact) mass is 498 g/mol. The fourth-order valence-corrected chi connectivity index (χ4v) is 3.35. The van der Waals surface area contributed by atoms with E-state index in [9.17, 15) is 0 Å². The van der Waals surface area contributed by atoms with E-state index in [2.05, 4.69) is 34.0 Å². The molecular formula is C21H31IN4O2. The molecule has 3 rings (SSSR count). The number of aromatic nitrogens is 1. The van der Waals surface area contributed by atoms with E-state index in [4.69, 9.17) is 9.47 Å². The summed E-state index contributed by atoms with van der Waals surface area (Å²) in [5, 5.41) is 6.72. The fourth-order valence-electron chi connectivity index (χ4n) is 3.35. The van der Waals surface area contributed by atoms with Crippen LogP contribution in [0.2, 0.25) is 0 Å². The highest BCUT2D eigenvalue weighted by Gasteiger charge is 2.18. The maximum atomic E-state index is 6.26. The van der Waals surface area contributed by atoms with Crippen molar-refractivity contribution in [3.05, 3.63) is 47.8 Å². The van der Waals surface area contributed by atoms with Crippen LogP contribution in [0.3, 0.4) is 0 Å². The second-order valence-electron chi connectivity index (χ2n) is 6.96. The fraction of sp³-hybridized carbons (Fsp3) is 0.476. The first-order chi connectivity index (χ1) is 13.2. The molecule has 1 fully saturated rings. The standard InChI is InChI=1S/C21H30N4O2.HI/c1-22-21(23-13-16-10-11-25(2)15-16)24-14-17-8-9-19(26-3)12-20(17)27-18-6-4-5-7-18;/h8-12,15,18H,4-7,13-14H2,1-3H3,(H2,22,23,24);1H. The van der Waals surface area contributed by atoms with Crippen LogP contribution in [0.1, 0.15) is 36.8 Å². The molecule has 0 saturated heterocycles. The van der Waals surface area contributed by atoms with E-state index in [1.807, 2.05) is 29.9 Å². The molecule has 1 aromatic carbocycles. The van der Waals surface area contributed by atoms with E-state index in [-0.39, 0.29) is 24.0 Å². The summed E-state index contributed by atoms with van der Waals surface area (Å²) in [6.45, 7) is 1.37. The maximum Gasteiger partial charge on any atom is 0.191 e. The highest BCUT2D eigenvalue weighted by Crippen LogP contribution is 2.29. The first-order valence-electron chi connectivity index (χ1n) is 9.57. The smallest absolute Gasteiger partial charge is 0.191 e. The zero-order valence-electron chi connectivity index (χ0n) is 16.9. The van der Waals surface area contributed by atoms with Gasteiger partial charge < -0.3 is 24.7 Å². The van der Waals surface area contributed by atoms with Crippen molar-refractivity contribution in [3.63, 3.8) is 0 Å². The van der Waals surface area contributed by atoms with Crippen molar-refractivity contribution in [3.8, 4) is 11.5 Å². The van der Waals surface area contributed by atoms with E-state index < -0.39 is 0 Å². The Morgan fingerprint density at radius 2 is 1.93 bits per heavy atom. The highest BCUT2D eigenvalue weighted by atomic mass is 127. The number of ether oxygens (including phenoxy) is 2. The average Bonchev–Trinajstić information content (AvgIpc) is 3.34. The van der Waals surface area contributed by atoms with E-state index in [1.54, 1.807) is 14.2 Å². The van der Waals surface area contributed by atoms with Crippen molar-refractivity contribution in [2.75, 3.05) is 14.2 Å². The second-order valence-corrected chi connectivity index (χ2v) is 6.96. The van der Waals surface area contributed by atoms with Crippen LogP contribution in [-0.2, 0) is 20.1 Å². The molecule has 0 bridgehead atoms. The second kappa shape index (κ2) is 11.2. The Morgan fingerprint density at radius 3 is 2.57 bits per heavy atom. The molecule has 1 aliphatic rings. The minimum atomic E-state index is 0. The first-order valence-corrected chi connectivity index (χ1v) is 9.57. The van der Waals surface area contributed by atoms with Crippen LogP contribution in [0, 0.1) is 0 Å². The van der Waals surface area contributed by atoms with Crippen LogP contribution in [-0.4, -0.2) is 30.8 Å². The van der Waals surface area contributed by atoms with Crippen molar-refractivity contribution in [1.29, 1.82) is 0 Å². The molecule has 6 nitrogen and oxygen atoms in total. The zero-order chi connectivity index (χ0) is 19.1. The number of aryl methyl sites for hydroxylation is 1. The Balaban J connectivity index is 0.00000280. The Labute approximate surface area is 184 Å². The third kappa shape index (κ3) is 6.32. The van der Waals surface area contributed by atoms with Gasteiger partial charge in [0.2, 0.25) is 0 Å². The first kappa shape index (κ1) is 22.4. The molecule has 0 radical (unpaired) electrons. The molecule has 2 aromatic rings. The van der Waals surface area contributed by atoms with E-state index in [0.717, 1.165) is 42.4 Å². The van der Waals surface area contributed by atoms with Crippen LogP contribution in [0.15, 0.2) is 41.7 Å². The summed E-state index contributed by atoms with van der Waals surface area (Å²) in [6.07, 6.45) is 9.20. The van der Waals surface area contributed by atoms with Gasteiger partial charge in [-0.2, -0.15) is 0 Å². The number of hydrogen-bond acceptors (Lipinski definition) is 3. The lowest BCUT2D eigenvalue weighted by molar-refractivity contribution is 0.207. The van der Waals surface area contributed by atoms with Crippen molar-refractivity contribution in [2.24, 2.45) is 12.0 Å². The number of methoxy groups -OCH3 is 1. The van der Waals surface area contributed by atoms with Crippen LogP contribution in [0.25, 0.3) is 0 Å². The average molecular weight is 498 g/mol. The number of hydrogen-bond donors (Lipinski definition) is 2. The Kier molecular flexibility index (Phi) is 8.95. The molecule has 0 spiro atoms. The third-order valence-electron chi connectivity index (χ3n) is 4.89. The number of benzene rings is 1. The molecule has 0 unspecified atom stereocenters. The highest BCUT2D eigenvalue weighted by molar-refractivity contribution is 14.0. The van der Waals surface area contributed by atoms with Gasteiger partial charge in [0.05, 0.1) is 13.2 Å².